The topological polar surface area (TPSA) is 358 Å². The summed E-state index contributed by atoms with van der Waals surface area (Å²) in [5.74, 6) is 3.17. The van der Waals surface area contributed by atoms with Crippen LogP contribution in [-0.4, -0.2) is 130 Å². The Kier molecular flexibility index (Phi) is 28.3. The molecule has 662 valence electrons. The second-order valence-electron chi connectivity index (χ2n) is 31.2. The number of hydrogen-bond donors (Lipinski definition) is 10. The Hall–Kier alpha value is -15.7. The van der Waals surface area contributed by atoms with Gasteiger partial charge in [-0.15, -0.1) is 0 Å². The minimum atomic E-state index is -0.906. The molecular weight excluding hydrogens is 1710 g/mol. The molecule has 11 heterocycles. The molecule has 0 aliphatic carbocycles. The van der Waals surface area contributed by atoms with Gasteiger partial charge in [0.1, 0.15) is 52.2 Å². The van der Waals surface area contributed by atoms with Crippen LogP contribution in [0.15, 0.2) is 297 Å². The van der Waals surface area contributed by atoms with E-state index in [1.54, 1.807) is 170 Å². The van der Waals surface area contributed by atoms with Crippen molar-refractivity contribution in [2.75, 3.05) is 84.3 Å². The number of rotatable bonds is 24. The number of likely N-dealkylation sites (N-methyl/N-ethyl adjacent to an activating group) is 1. The van der Waals surface area contributed by atoms with E-state index in [1.807, 2.05) is 147 Å². The van der Waals surface area contributed by atoms with E-state index in [9.17, 15) is 48.6 Å². The molecule has 6 aromatic heterocycles. The second-order valence-corrected chi connectivity index (χ2v) is 32.1. The predicted molar refractivity (Wildman–Crippen MR) is 512 cm³/mol. The number of aromatic nitrogens is 2. The second kappa shape index (κ2) is 41.6. The summed E-state index contributed by atoms with van der Waals surface area (Å²) in [6.07, 6.45) is 12.2. The zero-order chi connectivity index (χ0) is 91.7. The molecule has 5 aliphatic heterocycles. The van der Waals surface area contributed by atoms with Crippen LogP contribution < -0.4 is 42.5 Å². The summed E-state index contributed by atoms with van der Waals surface area (Å²) < 4.78 is 23.9. The van der Waals surface area contributed by atoms with Crippen LogP contribution in [0.3, 0.4) is 0 Å². The van der Waals surface area contributed by atoms with Gasteiger partial charge in [0, 0.05) is 137 Å². The van der Waals surface area contributed by atoms with E-state index in [1.165, 1.54) is 0 Å². The number of carbonyl (C=O) groups is 8. The van der Waals surface area contributed by atoms with Crippen LogP contribution in [0, 0.1) is 0 Å². The highest BCUT2D eigenvalue weighted by molar-refractivity contribution is 6.38. The van der Waals surface area contributed by atoms with E-state index in [4.69, 9.17) is 40.9 Å². The van der Waals surface area contributed by atoms with Crippen molar-refractivity contribution in [2.45, 2.75) is 38.9 Å². The van der Waals surface area contributed by atoms with Gasteiger partial charge in [0.15, 0.2) is 0 Å². The third kappa shape index (κ3) is 22.2. The van der Waals surface area contributed by atoms with Crippen molar-refractivity contribution < 1.29 is 66.2 Å². The van der Waals surface area contributed by atoms with Crippen LogP contribution in [0.1, 0.15) is 116 Å². The van der Waals surface area contributed by atoms with Gasteiger partial charge in [-0.2, -0.15) is 0 Å². The van der Waals surface area contributed by atoms with Crippen molar-refractivity contribution >= 4 is 151 Å². The van der Waals surface area contributed by atoms with E-state index < -0.39 is 12.2 Å². The SMILES string of the molecule is CCN(CC)CC(=O)Nc1cccc(-c2ccc(/C=C3/C(=O)Nc4ccccc43)o2)c1.O=C(CN1CCCC1)Nc1cccc(-c2ccc(/C=C3/C(=O)Nc4ccccc43)o2)c1.O=C1Nc2ccc(Cl)cc2/C1=C\c1ccc(-c2cccc(C(=O)NCC(O)c3ccccn3)c2)o1.O=C1Nc2ccc(Cl)cc2/C1=C\c1ccc(-c2cccc(C(=O)NCC(O)c3cccnc3)c2)o1. The van der Waals surface area contributed by atoms with Crippen LogP contribution in [0.2, 0.25) is 10.0 Å². The lowest BCUT2D eigenvalue weighted by molar-refractivity contribution is -0.118. The van der Waals surface area contributed by atoms with Gasteiger partial charge in [-0.3, -0.25) is 58.1 Å². The van der Waals surface area contributed by atoms with Gasteiger partial charge in [0.05, 0.1) is 47.2 Å². The summed E-state index contributed by atoms with van der Waals surface area (Å²) >= 11 is 12.2. The van der Waals surface area contributed by atoms with E-state index in [0.29, 0.717) is 148 Å². The van der Waals surface area contributed by atoms with Crippen molar-refractivity contribution in [3.63, 3.8) is 0 Å². The highest BCUT2D eigenvalue weighted by Gasteiger charge is 2.30. The minimum Gasteiger partial charge on any atom is -0.457 e. The number of halogens is 2. The van der Waals surface area contributed by atoms with Gasteiger partial charge in [-0.05, 0) is 227 Å². The maximum atomic E-state index is 12.6. The quantitative estimate of drug-likeness (QED) is 0.0251. The number of para-hydroxylation sites is 2. The molecule has 10 N–H and O–H groups in total. The lowest BCUT2D eigenvalue weighted by atomic mass is 10.1. The van der Waals surface area contributed by atoms with Crippen LogP contribution in [0.5, 0.6) is 0 Å². The average molecular weight is 1800 g/mol. The Morgan fingerprint density at radius 2 is 0.841 bits per heavy atom. The zero-order valence-electron chi connectivity index (χ0n) is 71.4. The monoisotopic (exact) mass is 1800 g/mol. The van der Waals surface area contributed by atoms with E-state index in [2.05, 4.69) is 62.3 Å². The van der Waals surface area contributed by atoms with Gasteiger partial charge in [-0.1, -0.05) is 134 Å². The summed E-state index contributed by atoms with van der Waals surface area (Å²) in [5.41, 5.74) is 14.8. The molecule has 2 unspecified atom stereocenters. The fourth-order valence-electron chi connectivity index (χ4n) is 15.4. The number of fused-ring (bicyclic) bond motifs is 4. The summed E-state index contributed by atoms with van der Waals surface area (Å²) in [6, 6.07) is 77.9. The molecule has 132 heavy (non-hydrogen) atoms. The number of likely N-dealkylation sites (tertiary alicyclic amines) is 1. The molecule has 14 aromatic rings. The standard InChI is InChI=1S/2C27H20ClN3O4.C25H23N3O3.C25H25N3O3/c28-19-6-8-23-21(12-19)22(27(34)31-23)13-20-7-9-25(35-20)16-3-1-4-17(11-16)26(33)30-15-24(32)18-5-2-10-29-14-18;28-18-7-9-22-20(13-18)21(27(34)31-22)14-19-8-10-25(35-19)16-4-3-5-17(12-16)26(33)30-15-24(32)23-6-1-2-11-29-23;29-24(16-28-12-3-4-13-28)26-18-7-5-6-17(14-18)23-11-10-19(31-23)15-21-20-8-1-2-9-22(20)27-25(21)30;1-3-28(4-2)16-24(29)26-18-9-7-8-17(14-18)23-13-12-19(31-23)15-21-20-10-5-6-11-22(20)27-25(21)30/h2*1-14,24,32H,15H2,(H,30,33)(H,31,34);1-2,5-11,14-15H,3-4,12-13,16H2,(H,26,29)(H,27,30);5-15H,3-4,16H2,1-2H3,(H,26,29)(H,27,30)/b22-13+;21-14+;2*21-15+. The van der Waals surface area contributed by atoms with Crippen molar-refractivity contribution in [1.82, 2.24) is 30.4 Å². The summed E-state index contributed by atoms with van der Waals surface area (Å²) in [7, 11) is 0. The van der Waals surface area contributed by atoms with Gasteiger partial charge in [-0.25, -0.2) is 0 Å². The molecule has 1 fully saturated rings. The molecule has 2 atom stereocenters. The first-order valence-corrected chi connectivity index (χ1v) is 43.4. The van der Waals surface area contributed by atoms with Gasteiger partial charge < -0.3 is 70.4 Å². The highest BCUT2D eigenvalue weighted by Crippen LogP contribution is 2.41. The lowest BCUT2D eigenvalue weighted by Crippen LogP contribution is -2.32. The lowest BCUT2D eigenvalue weighted by Gasteiger charge is -2.17. The van der Waals surface area contributed by atoms with Gasteiger partial charge >= 0.3 is 0 Å². The maximum absolute atomic E-state index is 12.6. The number of hydrogen-bond acceptors (Lipinski definition) is 18. The molecule has 0 bridgehead atoms. The largest absolute Gasteiger partial charge is 0.457 e. The fourth-order valence-corrected chi connectivity index (χ4v) is 15.7. The molecule has 8 amide bonds. The fraction of sp³-hybridized carbons (Fsp3) is 0.135. The van der Waals surface area contributed by atoms with Crippen molar-refractivity contribution in [2.24, 2.45) is 0 Å². The Labute approximate surface area is 768 Å². The van der Waals surface area contributed by atoms with Crippen molar-refractivity contribution in [3.05, 3.63) is 357 Å². The molecule has 1 saturated heterocycles. The molecule has 0 radical (unpaired) electrons. The van der Waals surface area contributed by atoms with Gasteiger partial charge in [0.2, 0.25) is 11.8 Å². The molecular formula is C104H88Cl2N12O14. The summed E-state index contributed by atoms with van der Waals surface area (Å²) in [5, 5.41) is 44.3. The Bertz CT molecular complexity index is 6430. The molecule has 19 rings (SSSR count). The molecule has 28 heteroatoms. The summed E-state index contributed by atoms with van der Waals surface area (Å²) in [4.78, 5) is 112. The van der Waals surface area contributed by atoms with E-state index in [0.717, 1.165) is 84.0 Å². The molecule has 5 aliphatic rings. The third-order valence-electron chi connectivity index (χ3n) is 22.1. The number of aliphatic hydroxyl groups is 2. The van der Waals surface area contributed by atoms with Crippen LogP contribution >= 0.6 is 23.2 Å². The van der Waals surface area contributed by atoms with Crippen LogP contribution in [0.25, 0.3) is 91.9 Å². The number of nitrogens with zero attached hydrogens (tertiary/aromatic N) is 4. The Morgan fingerprint density at radius 1 is 0.432 bits per heavy atom. The van der Waals surface area contributed by atoms with Crippen LogP contribution in [0.4, 0.5) is 34.1 Å². The van der Waals surface area contributed by atoms with Crippen molar-refractivity contribution in [1.29, 1.82) is 0 Å². The number of carbonyl (C=O) groups excluding carboxylic acids is 8. The Balaban J connectivity index is 0.000000129. The molecule has 0 spiro atoms. The third-order valence-corrected chi connectivity index (χ3v) is 22.6. The molecule has 26 nitrogen and oxygen atoms in total. The molecule has 0 saturated carbocycles. The normalized spacial score (nSPS) is 15.0. The smallest absolute Gasteiger partial charge is 0.256 e. The van der Waals surface area contributed by atoms with Crippen molar-refractivity contribution in [3.8, 4) is 45.3 Å². The van der Waals surface area contributed by atoms with Crippen LogP contribution in [-0.2, 0) is 28.8 Å². The maximum Gasteiger partial charge on any atom is 0.256 e. The highest BCUT2D eigenvalue weighted by atomic mass is 35.5. The average Bonchev–Trinajstić information content (AvgIpc) is 1.68. The first kappa shape index (κ1) is 89.7. The van der Waals surface area contributed by atoms with E-state index in [-0.39, 0.29) is 60.3 Å². The number of pyridine rings is 2. The minimum absolute atomic E-state index is 0.00479. The first-order valence-electron chi connectivity index (χ1n) is 42.7. The number of amides is 8. The Morgan fingerprint density at radius 3 is 1.27 bits per heavy atom. The summed E-state index contributed by atoms with van der Waals surface area (Å²) in [6.45, 7) is 8.58. The first-order chi connectivity index (χ1) is 64.2. The molecule has 8 aromatic carbocycles. The number of anilines is 6. The number of nitrogens with one attached hydrogen (secondary N) is 8. The van der Waals surface area contributed by atoms with E-state index >= 15 is 0 Å². The predicted octanol–water partition coefficient (Wildman–Crippen LogP) is 19.1. The number of benzene rings is 8. The van der Waals surface area contributed by atoms with Gasteiger partial charge in [0.25, 0.3) is 35.4 Å². The number of aliphatic hydroxyl groups excluding tert-OH is 2. The zero-order valence-corrected chi connectivity index (χ0v) is 72.9. The number of furan rings is 4.